The number of hydrogen-bond donors (Lipinski definition) is 2. The molecule has 0 spiro atoms. The summed E-state index contributed by atoms with van der Waals surface area (Å²) >= 11 is 6.24. The van der Waals surface area contributed by atoms with Gasteiger partial charge in [-0.15, -0.1) is 0 Å². The molecule has 2 N–H and O–H groups in total. The Kier molecular flexibility index (Phi) is 10.9. The minimum absolute atomic E-state index is 0.0869. The van der Waals surface area contributed by atoms with E-state index in [1.54, 1.807) is 48.7 Å². The van der Waals surface area contributed by atoms with Crippen molar-refractivity contribution in [1.82, 2.24) is 25.4 Å². The molecule has 13 nitrogen and oxygen atoms in total. The van der Waals surface area contributed by atoms with E-state index in [0.717, 1.165) is 62.4 Å². The summed E-state index contributed by atoms with van der Waals surface area (Å²) in [5.41, 5.74) is 2.19. The number of aromatic nitrogens is 1. The van der Waals surface area contributed by atoms with Gasteiger partial charge in [-0.25, -0.2) is 4.98 Å². The van der Waals surface area contributed by atoms with E-state index in [4.69, 9.17) is 16.3 Å². The van der Waals surface area contributed by atoms with Gasteiger partial charge in [-0.05, 0) is 93.6 Å². The van der Waals surface area contributed by atoms with Crippen LogP contribution in [-0.2, 0) is 9.59 Å². The second kappa shape index (κ2) is 16.0. The Morgan fingerprint density at radius 2 is 1.62 bits per heavy atom. The number of carbonyl (C=O) groups excluding carboxylic acids is 5. The topological polar surface area (TPSA) is 165 Å². The van der Waals surface area contributed by atoms with E-state index >= 15 is 0 Å². The van der Waals surface area contributed by atoms with E-state index in [1.165, 1.54) is 0 Å². The van der Waals surface area contributed by atoms with Gasteiger partial charge in [0.25, 0.3) is 17.7 Å². The highest BCUT2D eigenvalue weighted by molar-refractivity contribution is 6.31. The molecule has 14 heteroatoms. The molecule has 1 aromatic heterocycles. The number of anilines is 1. The third-order valence-electron chi connectivity index (χ3n) is 13.2. The van der Waals surface area contributed by atoms with Crippen molar-refractivity contribution in [2.24, 2.45) is 16.7 Å². The highest BCUT2D eigenvalue weighted by atomic mass is 35.5. The summed E-state index contributed by atoms with van der Waals surface area (Å²) in [7, 11) is 0. The van der Waals surface area contributed by atoms with Crippen LogP contribution in [0.1, 0.15) is 109 Å². The number of rotatable bonds is 7. The lowest BCUT2D eigenvalue weighted by molar-refractivity contribution is -0.164. The first-order valence-corrected chi connectivity index (χ1v) is 21.0. The Labute approximate surface area is 354 Å². The van der Waals surface area contributed by atoms with Crippen molar-refractivity contribution in [3.05, 3.63) is 87.7 Å². The van der Waals surface area contributed by atoms with Crippen LogP contribution >= 0.6 is 11.6 Å². The molecular formula is C46H48ClN7O6. The summed E-state index contributed by atoms with van der Waals surface area (Å²) in [6, 6.07) is 15.3. The molecule has 310 valence electrons. The largest absolute Gasteiger partial charge is 0.489 e. The number of hydrogen-bond acceptors (Lipinski definition) is 10. The number of benzene rings is 2. The van der Waals surface area contributed by atoms with Crippen LogP contribution < -0.4 is 20.3 Å². The van der Waals surface area contributed by atoms with Crippen molar-refractivity contribution < 1.29 is 28.7 Å². The second-order valence-electron chi connectivity index (χ2n) is 17.7. The van der Waals surface area contributed by atoms with Crippen LogP contribution in [0.3, 0.4) is 0 Å². The first-order valence-electron chi connectivity index (χ1n) is 20.6. The molecule has 5 heterocycles. The molecule has 8 rings (SSSR count). The summed E-state index contributed by atoms with van der Waals surface area (Å²) in [6.45, 7) is 11.8. The predicted molar refractivity (Wildman–Crippen MR) is 223 cm³/mol. The minimum atomic E-state index is -0.979. The lowest BCUT2D eigenvalue weighted by atomic mass is 9.49. The smallest absolute Gasteiger partial charge is 0.262 e. The maximum absolute atomic E-state index is 13.4. The zero-order chi connectivity index (χ0) is 42.5. The molecule has 4 aliphatic heterocycles. The average molecular weight is 830 g/mol. The van der Waals surface area contributed by atoms with E-state index < -0.39 is 29.7 Å². The number of halogens is 1. The number of carbonyl (C=O) groups is 5. The Morgan fingerprint density at radius 1 is 0.900 bits per heavy atom. The van der Waals surface area contributed by atoms with E-state index in [2.05, 4.69) is 71.0 Å². The van der Waals surface area contributed by atoms with Crippen LogP contribution in [0.15, 0.2) is 54.7 Å². The van der Waals surface area contributed by atoms with Gasteiger partial charge in [0.05, 0.1) is 27.3 Å². The number of nitriles is 1. The molecule has 1 aliphatic carbocycles. The highest BCUT2D eigenvalue weighted by Gasteiger charge is 2.64. The molecular weight excluding hydrogens is 782 g/mol. The van der Waals surface area contributed by atoms with Crippen LogP contribution in [0, 0.1) is 39.9 Å². The summed E-state index contributed by atoms with van der Waals surface area (Å²) < 4.78 is 6.35. The zero-order valence-electron chi connectivity index (χ0n) is 34.2. The average Bonchev–Trinajstić information content (AvgIpc) is 3.49. The minimum Gasteiger partial charge on any atom is -0.489 e. The summed E-state index contributed by atoms with van der Waals surface area (Å²) in [6.07, 6.45) is 5.48. The molecule has 2 aromatic carbocycles. The lowest BCUT2D eigenvalue weighted by Gasteiger charge is -2.63. The first-order chi connectivity index (χ1) is 28.6. The van der Waals surface area contributed by atoms with Crippen molar-refractivity contribution in [3.63, 3.8) is 0 Å². The van der Waals surface area contributed by atoms with Gasteiger partial charge in [0.15, 0.2) is 0 Å². The summed E-state index contributed by atoms with van der Waals surface area (Å²) in [5, 5.41) is 15.0. The molecule has 1 saturated carbocycles. The summed E-state index contributed by atoms with van der Waals surface area (Å²) in [5.74, 6) is 5.30. The summed E-state index contributed by atoms with van der Waals surface area (Å²) in [4.78, 5) is 74.2. The van der Waals surface area contributed by atoms with Crippen molar-refractivity contribution in [2.75, 3.05) is 31.1 Å². The Bertz CT molecular complexity index is 2350. The van der Waals surface area contributed by atoms with Crippen molar-refractivity contribution in [1.29, 1.82) is 5.26 Å². The van der Waals surface area contributed by atoms with E-state index in [0.29, 0.717) is 39.2 Å². The molecule has 3 aromatic rings. The number of nitrogens with zero attached hydrogens (tertiary/aromatic N) is 5. The van der Waals surface area contributed by atoms with Gasteiger partial charge in [-0.3, -0.25) is 34.2 Å². The number of pyridine rings is 1. The SMILES string of the molecule is CC1(C)[C@H](NC(=O)c2ccc(C#CC3CCN(C4CCN(c5ccc6c(c5)C(=O)N(C5CCC(=O)NC5=O)C6=O)CC4)CC3)nc2)C(C)(C)[C@H]1Oc1ccc(C#N)c(Cl)c1. The Balaban J connectivity index is 0.794. The van der Waals surface area contributed by atoms with Gasteiger partial charge in [0.2, 0.25) is 11.8 Å². The van der Waals surface area contributed by atoms with Gasteiger partial charge < -0.3 is 19.9 Å². The molecule has 1 unspecified atom stereocenters. The fourth-order valence-electron chi connectivity index (χ4n) is 10.1. The number of ether oxygens (including phenoxy) is 1. The van der Waals surface area contributed by atoms with Gasteiger partial charge in [-0.2, -0.15) is 5.26 Å². The number of likely N-dealkylation sites (tertiary alicyclic amines) is 1. The third kappa shape index (κ3) is 7.61. The van der Waals surface area contributed by atoms with E-state index in [9.17, 15) is 29.2 Å². The van der Waals surface area contributed by atoms with Crippen LogP contribution in [-0.4, -0.2) is 94.7 Å². The molecule has 1 atom stereocenters. The molecule has 5 aliphatic rings. The second-order valence-corrected chi connectivity index (χ2v) is 18.1. The Morgan fingerprint density at radius 3 is 2.27 bits per heavy atom. The lowest BCUT2D eigenvalue weighted by Crippen LogP contribution is -2.74. The standard InChI is InChI=1S/C46H48ClN7O6/c1-45(2)43(46(3,4)44(45)60-33-11-7-28(25-48)36(47)24-33)51-39(56)29-6-9-30(49-26-29)8-5-27-15-19-52(20-16-27)31-17-21-53(22-18-31)32-10-12-34-35(23-32)42(59)54(41(34)58)37-13-14-38(55)50-40(37)57/h6-7,9-12,23-24,26-27,31,37,43-44H,13-22H2,1-4H3,(H,51,56)(H,50,55,57)/t37?,43-,44-. The maximum atomic E-state index is 13.4. The molecule has 0 bridgehead atoms. The van der Waals surface area contributed by atoms with Gasteiger partial charge >= 0.3 is 0 Å². The number of amides is 5. The molecule has 3 saturated heterocycles. The normalized spacial score (nSPS) is 24.1. The maximum Gasteiger partial charge on any atom is 0.262 e. The number of fused-ring (bicyclic) bond motifs is 1. The van der Waals surface area contributed by atoms with Crippen LogP contribution in [0.25, 0.3) is 0 Å². The van der Waals surface area contributed by atoms with E-state index in [-0.39, 0.29) is 53.2 Å². The fourth-order valence-corrected chi connectivity index (χ4v) is 10.4. The van der Waals surface area contributed by atoms with Crippen LogP contribution in [0.2, 0.25) is 5.02 Å². The zero-order valence-corrected chi connectivity index (χ0v) is 35.0. The van der Waals surface area contributed by atoms with Crippen molar-refractivity contribution in [2.45, 2.75) is 90.4 Å². The fraction of sp³-hybridized carbons (Fsp3) is 0.457. The Hall–Kier alpha value is -5.76. The number of imide groups is 2. The highest BCUT2D eigenvalue weighted by Crippen LogP contribution is 2.55. The van der Waals surface area contributed by atoms with Gasteiger partial charge in [0, 0.05) is 66.3 Å². The quantitative estimate of drug-likeness (QED) is 0.234. The molecule has 60 heavy (non-hydrogen) atoms. The van der Waals surface area contributed by atoms with Gasteiger partial charge in [0.1, 0.15) is 29.7 Å². The van der Waals surface area contributed by atoms with E-state index in [1.807, 2.05) is 6.07 Å². The third-order valence-corrected chi connectivity index (χ3v) is 13.5. The predicted octanol–water partition coefficient (Wildman–Crippen LogP) is 5.35. The molecule has 5 amide bonds. The van der Waals surface area contributed by atoms with Gasteiger partial charge in [-0.1, -0.05) is 45.2 Å². The molecule has 4 fully saturated rings. The molecule has 0 radical (unpaired) electrons. The number of nitrogens with one attached hydrogen (secondary N) is 2. The first kappa shape index (κ1) is 41.0. The van der Waals surface area contributed by atoms with Crippen LogP contribution in [0.4, 0.5) is 5.69 Å². The van der Waals surface area contributed by atoms with Crippen LogP contribution in [0.5, 0.6) is 5.75 Å². The van der Waals surface area contributed by atoms with Crippen molar-refractivity contribution in [3.8, 4) is 23.7 Å². The van der Waals surface area contributed by atoms with Crippen molar-refractivity contribution >= 4 is 46.8 Å². The monoisotopic (exact) mass is 829 g/mol. The number of piperidine rings is 3.